The van der Waals surface area contributed by atoms with E-state index in [1.165, 1.54) is 0 Å². The van der Waals surface area contributed by atoms with E-state index in [0.717, 1.165) is 36.8 Å². The molecule has 1 aliphatic carbocycles. The molecular weight excluding hydrogens is 416 g/mol. The largest absolute Gasteiger partial charge is 0.458 e. The molecule has 33 heavy (non-hydrogen) atoms. The Morgan fingerprint density at radius 2 is 1.82 bits per heavy atom. The third kappa shape index (κ3) is 5.91. The van der Waals surface area contributed by atoms with Crippen molar-refractivity contribution in [3.8, 4) is 11.1 Å². The molecule has 2 aromatic rings. The number of hydrogen-bond donors (Lipinski definition) is 2. The summed E-state index contributed by atoms with van der Waals surface area (Å²) >= 11 is 0. The average molecular weight is 451 g/mol. The van der Waals surface area contributed by atoms with Crippen LogP contribution >= 0.6 is 0 Å². The molecule has 0 unspecified atom stereocenters. The number of aliphatic hydroxyl groups is 2. The number of unbranched alkanes of at least 4 members (excludes halogenated alkanes) is 2. The van der Waals surface area contributed by atoms with Gasteiger partial charge in [-0.15, -0.1) is 0 Å². The number of rotatable bonds is 9. The molecule has 2 aliphatic rings. The van der Waals surface area contributed by atoms with E-state index in [4.69, 9.17) is 9.47 Å². The zero-order chi connectivity index (χ0) is 23.2. The first-order valence-electron chi connectivity index (χ1n) is 12.1. The van der Waals surface area contributed by atoms with Gasteiger partial charge in [-0.25, -0.2) is 4.79 Å². The lowest BCUT2D eigenvalue weighted by Crippen LogP contribution is -2.25. The second kappa shape index (κ2) is 11.1. The summed E-state index contributed by atoms with van der Waals surface area (Å²) in [5.74, 6) is -0.361. The second-order valence-corrected chi connectivity index (χ2v) is 9.18. The van der Waals surface area contributed by atoms with Gasteiger partial charge < -0.3 is 19.7 Å². The number of carbonyl (C=O) groups is 1. The molecule has 0 amide bonds. The molecule has 176 valence electrons. The lowest BCUT2D eigenvalue weighted by Gasteiger charge is -2.21. The molecule has 6 atom stereocenters. The lowest BCUT2D eigenvalue weighted by molar-refractivity contribution is -0.0955. The minimum Gasteiger partial charge on any atom is -0.458 e. The quantitative estimate of drug-likeness (QED) is 0.315. The van der Waals surface area contributed by atoms with Crippen LogP contribution in [0.2, 0.25) is 0 Å². The number of fused-ring (bicyclic) bond motifs is 1. The molecule has 0 aromatic heterocycles. The number of carbonyl (C=O) groups excluding carboxylic acids is 1. The van der Waals surface area contributed by atoms with Gasteiger partial charge in [0.15, 0.2) is 6.29 Å². The van der Waals surface area contributed by atoms with E-state index in [0.29, 0.717) is 18.4 Å². The first-order valence-corrected chi connectivity index (χ1v) is 12.1. The van der Waals surface area contributed by atoms with Gasteiger partial charge in [0.05, 0.1) is 17.8 Å². The topological polar surface area (TPSA) is 76.0 Å². The highest BCUT2D eigenvalue weighted by Gasteiger charge is 2.50. The minimum atomic E-state index is -0.771. The molecule has 0 spiro atoms. The maximum atomic E-state index is 12.9. The van der Waals surface area contributed by atoms with Crippen molar-refractivity contribution in [2.75, 3.05) is 0 Å². The van der Waals surface area contributed by atoms with Gasteiger partial charge in [-0.1, -0.05) is 80.8 Å². The van der Waals surface area contributed by atoms with Crippen molar-refractivity contribution in [3.63, 3.8) is 0 Å². The van der Waals surface area contributed by atoms with E-state index in [9.17, 15) is 15.0 Å². The van der Waals surface area contributed by atoms with Crippen molar-refractivity contribution in [3.05, 3.63) is 72.3 Å². The highest BCUT2D eigenvalue weighted by Crippen LogP contribution is 2.45. The fraction of sp³-hybridized carbons (Fsp3) is 0.464. The standard InChI is InChI=1S/C28H34O5/c1-2-3-5-10-22(29)15-16-23-24-17-27(30)32-26(24)18-25(23)33-28(31)21-13-11-20(12-14-21)19-8-6-4-7-9-19/h4,6-9,11-16,22-27,29-30H,2-3,5,10,17-18H2,1H3/b16-15+/t22-,23+,24-,25-,26+,27+/m0/s1. The molecule has 1 saturated heterocycles. The predicted molar refractivity (Wildman–Crippen MR) is 127 cm³/mol. The van der Waals surface area contributed by atoms with Crippen molar-refractivity contribution >= 4 is 5.97 Å². The average Bonchev–Trinajstić information content (AvgIpc) is 3.33. The number of ether oxygens (including phenoxy) is 2. The molecule has 1 heterocycles. The number of esters is 1. The van der Waals surface area contributed by atoms with Gasteiger partial charge in [-0.3, -0.25) is 0 Å². The van der Waals surface area contributed by atoms with Crippen molar-refractivity contribution < 1.29 is 24.5 Å². The van der Waals surface area contributed by atoms with Crippen LogP contribution in [-0.4, -0.2) is 40.8 Å². The summed E-state index contributed by atoms with van der Waals surface area (Å²) in [6, 6.07) is 17.5. The van der Waals surface area contributed by atoms with Crippen LogP contribution in [0.3, 0.4) is 0 Å². The first kappa shape index (κ1) is 23.7. The fourth-order valence-corrected chi connectivity index (χ4v) is 5.02. The highest BCUT2D eigenvalue weighted by molar-refractivity contribution is 5.90. The van der Waals surface area contributed by atoms with E-state index >= 15 is 0 Å². The molecule has 0 bridgehead atoms. The summed E-state index contributed by atoms with van der Waals surface area (Å²) in [5, 5.41) is 20.3. The normalized spacial score (nSPS) is 27.5. The number of aliphatic hydroxyl groups excluding tert-OH is 2. The van der Waals surface area contributed by atoms with Crippen LogP contribution in [0.25, 0.3) is 11.1 Å². The molecule has 2 aromatic carbocycles. The van der Waals surface area contributed by atoms with Crippen LogP contribution < -0.4 is 0 Å². The molecule has 4 rings (SSSR count). The summed E-state index contributed by atoms with van der Waals surface area (Å²) in [4.78, 5) is 12.9. The summed E-state index contributed by atoms with van der Waals surface area (Å²) in [6.45, 7) is 2.14. The van der Waals surface area contributed by atoms with Gasteiger partial charge in [0.2, 0.25) is 0 Å². The zero-order valence-electron chi connectivity index (χ0n) is 19.2. The zero-order valence-corrected chi connectivity index (χ0v) is 19.2. The van der Waals surface area contributed by atoms with Crippen LogP contribution in [0.5, 0.6) is 0 Å². The van der Waals surface area contributed by atoms with E-state index in [1.54, 1.807) is 12.1 Å². The molecular formula is C28H34O5. The maximum absolute atomic E-state index is 12.9. The van der Waals surface area contributed by atoms with Crippen LogP contribution in [0.15, 0.2) is 66.7 Å². The second-order valence-electron chi connectivity index (χ2n) is 9.18. The molecule has 1 saturated carbocycles. The highest BCUT2D eigenvalue weighted by atomic mass is 16.6. The molecule has 2 fully saturated rings. The minimum absolute atomic E-state index is 0.0809. The Bertz CT molecular complexity index is 923. The summed E-state index contributed by atoms with van der Waals surface area (Å²) in [5.41, 5.74) is 2.65. The molecule has 5 heteroatoms. The Balaban J connectivity index is 1.42. The maximum Gasteiger partial charge on any atom is 0.338 e. The third-order valence-electron chi connectivity index (χ3n) is 6.82. The van der Waals surface area contributed by atoms with E-state index in [-0.39, 0.29) is 30.0 Å². The summed E-state index contributed by atoms with van der Waals surface area (Å²) < 4.78 is 11.6. The Labute approximate surface area is 196 Å². The Kier molecular flexibility index (Phi) is 7.97. The lowest BCUT2D eigenvalue weighted by atomic mass is 9.91. The number of hydrogen-bond acceptors (Lipinski definition) is 5. The first-order chi connectivity index (χ1) is 16.0. The smallest absolute Gasteiger partial charge is 0.338 e. The number of benzene rings is 2. The van der Waals surface area contributed by atoms with Crippen LogP contribution in [-0.2, 0) is 9.47 Å². The Morgan fingerprint density at radius 3 is 2.55 bits per heavy atom. The predicted octanol–water partition coefficient (Wildman–Crippen LogP) is 5.12. The van der Waals surface area contributed by atoms with Crippen molar-refractivity contribution in [1.82, 2.24) is 0 Å². The Hall–Kier alpha value is -2.47. The molecule has 1 aliphatic heterocycles. The fourth-order valence-electron chi connectivity index (χ4n) is 5.02. The van der Waals surface area contributed by atoms with Gasteiger partial charge in [0.25, 0.3) is 0 Å². The van der Waals surface area contributed by atoms with Gasteiger partial charge in [-0.2, -0.15) is 0 Å². The SMILES string of the molecule is CCCCC[C@H](O)/C=C/[C@@H]1[C@@H]2C[C@H](O)O[C@@H]2C[C@@H]1OC(=O)c1ccc(-c2ccccc2)cc1. The summed E-state index contributed by atoms with van der Waals surface area (Å²) in [7, 11) is 0. The Morgan fingerprint density at radius 1 is 1.09 bits per heavy atom. The van der Waals surface area contributed by atoms with E-state index < -0.39 is 12.4 Å². The van der Waals surface area contributed by atoms with Crippen molar-refractivity contribution in [2.24, 2.45) is 11.8 Å². The molecule has 0 radical (unpaired) electrons. The van der Waals surface area contributed by atoms with E-state index in [1.807, 2.05) is 54.6 Å². The monoisotopic (exact) mass is 450 g/mol. The summed E-state index contributed by atoms with van der Waals surface area (Å²) in [6.07, 6.45) is 7.03. The van der Waals surface area contributed by atoms with Crippen LogP contribution in [0, 0.1) is 11.8 Å². The third-order valence-corrected chi connectivity index (χ3v) is 6.82. The van der Waals surface area contributed by atoms with Crippen LogP contribution in [0.1, 0.15) is 55.8 Å². The molecule has 2 N–H and O–H groups in total. The van der Waals surface area contributed by atoms with Gasteiger partial charge in [-0.05, 0) is 35.6 Å². The molecule has 5 nitrogen and oxygen atoms in total. The van der Waals surface area contributed by atoms with Crippen molar-refractivity contribution in [1.29, 1.82) is 0 Å². The van der Waals surface area contributed by atoms with Gasteiger partial charge in [0, 0.05) is 18.8 Å². The van der Waals surface area contributed by atoms with E-state index in [2.05, 4.69) is 6.92 Å². The van der Waals surface area contributed by atoms with Crippen LogP contribution in [0.4, 0.5) is 0 Å². The van der Waals surface area contributed by atoms with Gasteiger partial charge in [0.1, 0.15) is 6.10 Å². The van der Waals surface area contributed by atoms with Crippen molar-refractivity contribution in [2.45, 2.75) is 70.1 Å². The van der Waals surface area contributed by atoms with Gasteiger partial charge >= 0.3 is 5.97 Å².